The van der Waals surface area contributed by atoms with Gasteiger partial charge in [-0.2, -0.15) is 4.68 Å². The first kappa shape index (κ1) is 9.07. The lowest BCUT2D eigenvalue weighted by atomic mass is 10.3. The van der Waals surface area contributed by atoms with Crippen LogP contribution in [0.15, 0.2) is 22.7 Å². The zero-order chi connectivity index (χ0) is 10.1. The Bertz CT molecular complexity index is 449. The lowest BCUT2D eigenvalue weighted by molar-refractivity contribution is 0.606. The van der Waals surface area contributed by atoms with Gasteiger partial charge < -0.3 is 5.73 Å². The zero-order valence-electron chi connectivity index (χ0n) is 6.85. The number of benzene rings is 1. The first-order chi connectivity index (χ1) is 6.70. The fraction of sp³-hybridized carbons (Fsp3) is 0. The quantitative estimate of drug-likeness (QED) is 0.832. The molecule has 0 unspecified atom stereocenters. The summed E-state index contributed by atoms with van der Waals surface area (Å²) < 4.78 is 15.1. The number of halogens is 2. The van der Waals surface area contributed by atoms with Crippen molar-refractivity contribution in [2.75, 3.05) is 5.73 Å². The maximum atomic E-state index is 13.4. The van der Waals surface area contributed by atoms with Gasteiger partial charge in [-0.05, 0) is 38.5 Å². The van der Waals surface area contributed by atoms with E-state index in [0.29, 0.717) is 4.47 Å². The van der Waals surface area contributed by atoms with Gasteiger partial charge in [0.2, 0.25) is 5.95 Å². The maximum absolute atomic E-state index is 13.4. The smallest absolute Gasteiger partial charge is 0.245 e. The van der Waals surface area contributed by atoms with Crippen molar-refractivity contribution in [3.63, 3.8) is 0 Å². The Morgan fingerprint density at radius 3 is 2.79 bits per heavy atom. The van der Waals surface area contributed by atoms with E-state index >= 15 is 0 Å². The van der Waals surface area contributed by atoms with Gasteiger partial charge in [0.15, 0.2) is 0 Å². The molecule has 1 aromatic heterocycles. The molecule has 0 saturated heterocycles. The molecule has 0 aliphatic carbocycles. The summed E-state index contributed by atoms with van der Waals surface area (Å²) in [6, 6.07) is 4.56. The van der Waals surface area contributed by atoms with Crippen molar-refractivity contribution in [3.8, 4) is 5.69 Å². The minimum Gasteiger partial charge on any atom is -0.366 e. The summed E-state index contributed by atoms with van der Waals surface area (Å²) in [4.78, 5) is 0. The van der Waals surface area contributed by atoms with Gasteiger partial charge in [0.05, 0.1) is 0 Å². The Morgan fingerprint density at radius 1 is 1.43 bits per heavy atom. The predicted molar refractivity (Wildman–Crippen MR) is 51.2 cm³/mol. The molecule has 72 valence electrons. The average molecular weight is 258 g/mol. The number of aromatic nitrogens is 4. The van der Waals surface area contributed by atoms with Crippen molar-refractivity contribution in [3.05, 3.63) is 28.5 Å². The molecule has 2 rings (SSSR count). The van der Waals surface area contributed by atoms with Crippen molar-refractivity contribution < 1.29 is 4.39 Å². The van der Waals surface area contributed by atoms with Crippen LogP contribution in [0.2, 0.25) is 0 Å². The summed E-state index contributed by atoms with van der Waals surface area (Å²) in [7, 11) is 0. The van der Waals surface area contributed by atoms with E-state index in [0.717, 1.165) is 4.68 Å². The standard InChI is InChI=1S/C7H5BrFN5/c8-4-2-1-3-5(9)6(4)14-7(10)11-12-13-14/h1-3H,(H2,10,11,13). The highest BCUT2D eigenvalue weighted by atomic mass is 79.9. The van der Waals surface area contributed by atoms with Gasteiger partial charge in [-0.3, -0.25) is 0 Å². The van der Waals surface area contributed by atoms with Gasteiger partial charge >= 0.3 is 0 Å². The van der Waals surface area contributed by atoms with Gasteiger partial charge in [-0.15, -0.1) is 0 Å². The topological polar surface area (TPSA) is 69.6 Å². The summed E-state index contributed by atoms with van der Waals surface area (Å²) in [5, 5.41) is 10.4. The third-order valence-corrected chi connectivity index (χ3v) is 2.28. The predicted octanol–water partition coefficient (Wildman–Crippen LogP) is 1.15. The molecule has 0 bridgehead atoms. The molecule has 2 aromatic rings. The van der Waals surface area contributed by atoms with Crippen LogP contribution in [0.25, 0.3) is 5.69 Å². The van der Waals surface area contributed by atoms with Crippen molar-refractivity contribution in [1.29, 1.82) is 0 Å². The van der Waals surface area contributed by atoms with Crippen molar-refractivity contribution >= 4 is 21.9 Å². The normalized spacial score (nSPS) is 10.4. The Hall–Kier alpha value is -1.50. The molecule has 5 nitrogen and oxygen atoms in total. The van der Waals surface area contributed by atoms with Crippen LogP contribution in [-0.4, -0.2) is 20.2 Å². The maximum Gasteiger partial charge on any atom is 0.245 e. The molecule has 0 radical (unpaired) electrons. The zero-order valence-corrected chi connectivity index (χ0v) is 8.44. The summed E-state index contributed by atoms with van der Waals surface area (Å²) in [5.41, 5.74) is 5.65. The number of nitrogens with zero attached hydrogens (tertiary/aromatic N) is 4. The van der Waals surface area contributed by atoms with Crippen LogP contribution in [0, 0.1) is 5.82 Å². The number of nitrogens with two attached hydrogens (primary N) is 1. The number of anilines is 1. The molecule has 0 atom stereocenters. The average Bonchev–Trinajstić information content (AvgIpc) is 2.52. The largest absolute Gasteiger partial charge is 0.366 e. The van der Waals surface area contributed by atoms with Crippen LogP contribution in [0.1, 0.15) is 0 Å². The van der Waals surface area contributed by atoms with E-state index in [4.69, 9.17) is 5.73 Å². The third kappa shape index (κ3) is 1.35. The molecule has 0 amide bonds. The fourth-order valence-corrected chi connectivity index (χ4v) is 1.55. The van der Waals surface area contributed by atoms with Crippen LogP contribution in [0.4, 0.5) is 10.3 Å². The van der Waals surface area contributed by atoms with Crippen LogP contribution in [0.3, 0.4) is 0 Å². The fourth-order valence-electron chi connectivity index (χ4n) is 1.04. The van der Waals surface area contributed by atoms with Gasteiger partial charge in [-0.25, -0.2) is 4.39 Å². The summed E-state index contributed by atoms with van der Waals surface area (Å²) >= 11 is 3.19. The van der Waals surface area contributed by atoms with E-state index in [-0.39, 0.29) is 11.6 Å². The Kier molecular flexibility index (Phi) is 2.16. The van der Waals surface area contributed by atoms with E-state index in [2.05, 4.69) is 31.5 Å². The molecule has 0 spiro atoms. The molecule has 14 heavy (non-hydrogen) atoms. The second-order valence-electron chi connectivity index (χ2n) is 2.52. The molecule has 1 aromatic carbocycles. The van der Waals surface area contributed by atoms with E-state index in [9.17, 15) is 4.39 Å². The summed E-state index contributed by atoms with van der Waals surface area (Å²) in [6.07, 6.45) is 0. The van der Waals surface area contributed by atoms with Crippen LogP contribution in [-0.2, 0) is 0 Å². The molecular formula is C7H5BrFN5. The van der Waals surface area contributed by atoms with Crippen molar-refractivity contribution in [2.45, 2.75) is 0 Å². The lowest BCUT2D eigenvalue weighted by Crippen LogP contribution is -2.05. The Labute approximate surface area is 86.8 Å². The third-order valence-electron chi connectivity index (χ3n) is 1.64. The van der Waals surface area contributed by atoms with Crippen molar-refractivity contribution in [2.24, 2.45) is 0 Å². The molecule has 0 saturated carbocycles. The monoisotopic (exact) mass is 257 g/mol. The molecule has 2 N–H and O–H groups in total. The van der Waals surface area contributed by atoms with Crippen molar-refractivity contribution in [1.82, 2.24) is 20.2 Å². The van der Waals surface area contributed by atoms with Gasteiger partial charge in [0, 0.05) is 4.47 Å². The minimum atomic E-state index is -0.446. The van der Waals surface area contributed by atoms with Gasteiger partial charge in [0.1, 0.15) is 11.5 Å². The molecule has 7 heteroatoms. The highest BCUT2D eigenvalue weighted by Crippen LogP contribution is 2.23. The molecule has 1 heterocycles. The number of hydrogen-bond acceptors (Lipinski definition) is 4. The SMILES string of the molecule is Nc1nnnn1-c1c(F)cccc1Br. The van der Waals surface area contributed by atoms with Gasteiger partial charge in [0.25, 0.3) is 0 Å². The number of hydrogen-bond donors (Lipinski definition) is 1. The van der Waals surface area contributed by atoms with E-state index in [1.54, 1.807) is 12.1 Å². The highest BCUT2D eigenvalue weighted by molar-refractivity contribution is 9.10. The molecule has 0 fully saturated rings. The first-order valence-corrected chi connectivity index (χ1v) is 4.47. The lowest BCUT2D eigenvalue weighted by Gasteiger charge is -2.04. The Morgan fingerprint density at radius 2 is 2.21 bits per heavy atom. The number of para-hydroxylation sites is 1. The Balaban J connectivity index is 2.68. The molecular weight excluding hydrogens is 253 g/mol. The second kappa shape index (κ2) is 3.33. The van der Waals surface area contributed by atoms with Gasteiger partial charge in [-0.1, -0.05) is 11.2 Å². The van der Waals surface area contributed by atoms with Crippen LogP contribution >= 0.6 is 15.9 Å². The number of tetrazole rings is 1. The van der Waals surface area contributed by atoms with Crippen LogP contribution in [0.5, 0.6) is 0 Å². The molecule has 0 aliphatic heterocycles. The second-order valence-corrected chi connectivity index (χ2v) is 3.37. The highest BCUT2D eigenvalue weighted by Gasteiger charge is 2.12. The molecule has 0 aliphatic rings. The first-order valence-electron chi connectivity index (χ1n) is 3.68. The number of rotatable bonds is 1. The van der Waals surface area contributed by atoms with E-state index in [1.165, 1.54) is 6.07 Å². The summed E-state index contributed by atoms with van der Waals surface area (Å²) in [6.45, 7) is 0. The minimum absolute atomic E-state index is 0.0378. The summed E-state index contributed by atoms with van der Waals surface area (Å²) in [5.74, 6) is -0.408. The van der Waals surface area contributed by atoms with E-state index < -0.39 is 5.82 Å². The number of nitrogen functional groups attached to an aromatic ring is 1. The van der Waals surface area contributed by atoms with E-state index in [1.807, 2.05) is 0 Å². The van der Waals surface area contributed by atoms with Crippen LogP contribution < -0.4 is 5.73 Å².